The fourth-order valence-electron chi connectivity index (χ4n) is 5.03. The smallest absolute Gasteiger partial charge is 0.305 e. The van der Waals surface area contributed by atoms with Crippen LogP contribution in [0, 0.1) is 5.92 Å². The zero-order valence-electron chi connectivity index (χ0n) is 23.1. The molecule has 1 atom stereocenters. The highest BCUT2D eigenvalue weighted by Gasteiger charge is 2.33. The molecule has 0 amide bonds. The summed E-state index contributed by atoms with van der Waals surface area (Å²) in [5.74, 6) is -0.337. The summed E-state index contributed by atoms with van der Waals surface area (Å²) >= 11 is 0. The molecule has 1 aromatic carbocycles. The molecule has 2 aromatic rings. The lowest BCUT2D eigenvalue weighted by Crippen LogP contribution is -2.42. The number of dihydropyridines is 1. The van der Waals surface area contributed by atoms with Gasteiger partial charge in [0.15, 0.2) is 0 Å². The average molecular weight is 559 g/mol. The maximum Gasteiger partial charge on any atom is 0.305 e. The van der Waals surface area contributed by atoms with E-state index in [2.05, 4.69) is 26.9 Å². The van der Waals surface area contributed by atoms with Gasteiger partial charge in [0.05, 0.1) is 12.0 Å². The molecule has 2 aliphatic heterocycles. The van der Waals surface area contributed by atoms with Gasteiger partial charge >= 0.3 is 5.97 Å². The second-order valence-corrected chi connectivity index (χ2v) is 12.0. The number of nitrogens with zero attached hydrogens (tertiary/aromatic N) is 4. The summed E-state index contributed by atoms with van der Waals surface area (Å²) in [6.45, 7) is 0.813. The van der Waals surface area contributed by atoms with E-state index >= 15 is 0 Å². The summed E-state index contributed by atoms with van der Waals surface area (Å²) in [6, 6.07) is 10.8. The van der Waals surface area contributed by atoms with Gasteiger partial charge < -0.3 is 4.74 Å². The standard InChI is InChI=1S/C30H35BN4O4S/c1-32-20-27(31)29-18-24(8-7-23-5-3-15-33-19-23)17-28(34-29)25-6-4-16-35(21-25)40(37,38)26-12-9-22(10-13-26)11-14-30(36)39-2/h3,5,9-10,12-13,15,17,19-20,25H,4,6-8,11,14,16,18,21H2,1-2H3/b29-27-,32-20?. The van der Waals surface area contributed by atoms with Crippen LogP contribution in [0.3, 0.4) is 0 Å². The van der Waals surface area contributed by atoms with Crippen molar-refractivity contribution in [2.24, 2.45) is 15.9 Å². The number of hydrogen-bond donors (Lipinski definition) is 0. The van der Waals surface area contributed by atoms with Gasteiger partial charge in [0.1, 0.15) is 7.85 Å². The second kappa shape index (κ2) is 13.8. The van der Waals surface area contributed by atoms with E-state index in [1.807, 2.05) is 12.3 Å². The van der Waals surface area contributed by atoms with E-state index in [1.54, 1.807) is 48.0 Å². The Balaban J connectivity index is 1.52. The first-order chi connectivity index (χ1) is 19.3. The van der Waals surface area contributed by atoms with Crippen LogP contribution < -0.4 is 0 Å². The van der Waals surface area contributed by atoms with Crippen molar-refractivity contribution in [2.45, 2.75) is 49.8 Å². The van der Waals surface area contributed by atoms with E-state index in [0.717, 1.165) is 48.2 Å². The molecule has 1 fully saturated rings. The summed E-state index contributed by atoms with van der Waals surface area (Å²) in [6.07, 6.45) is 12.0. The summed E-state index contributed by atoms with van der Waals surface area (Å²) in [4.78, 5) is 24.9. The second-order valence-electron chi connectivity index (χ2n) is 10.1. The zero-order valence-corrected chi connectivity index (χ0v) is 23.9. The molecule has 4 rings (SSSR count). The number of rotatable bonds is 10. The van der Waals surface area contributed by atoms with Gasteiger partial charge in [-0.15, -0.1) is 0 Å². The number of methoxy groups -OCH3 is 1. The summed E-state index contributed by atoms with van der Waals surface area (Å²) in [5, 5.41) is 0. The van der Waals surface area contributed by atoms with E-state index < -0.39 is 10.0 Å². The van der Waals surface area contributed by atoms with Gasteiger partial charge in [0.25, 0.3) is 0 Å². The Morgan fingerprint density at radius 2 is 1.98 bits per heavy atom. The van der Waals surface area contributed by atoms with E-state index in [-0.39, 0.29) is 23.2 Å². The molecule has 10 heteroatoms. The van der Waals surface area contributed by atoms with Gasteiger partial charge in [-0.3, -0.25) is 19.8 Å². The van der Waals surface area contributed by atoms with Crippen LogP contribution in [0.5, 0.6) is 0 Å². The van der Waals surface area contributed by atoms with Crippen molar-refractivity contribution in [2.75, 3.05) is 27.2 Å². The Labute approximate surface area is 238 Å². The number of aryl methyl sites for hydroxylation is 2. The van der Waals surface area contributed by atoms with E-state index in [4.69, 9.17) is 12.8 Å². The van der Waals surface area contributed by atoms with Crippen LogP contribution >= 0.6 is 0 Å². The number of carbonyl (C=O) groups is 1. The van der Waals surface area contributed by atoms with Crippen molar-refractivity contribution in [3.8, 4) is 0 Å². The number of piperidine rings is 1. The number of benzene rings is 1. The van der Waals surface area contributed by atoms with Crippen molar-refractivity contribution in [3.63, 3.8) is 0 Å². The molecule has 2 aliphatic rings. The molecule has 208 valence electrons. The molecule has 0 N–H and O–H groups in total. The van der Waals surface area contributed by atoms with Crippen LogP contribution in [0.2, 0.25) is 0 Å². The molecule has 0 saturated carbocycles. The predicted octanol–water partition coefficient (Wildman–Crippen LogP) is 4.07. The Hall–Kier alpha value is -3.37. The molecular formula is C30H35BN4O4S. The van der Waals surface area contributed by atoms with Crippen LogP contribution in [0.25, 0.3) is 0 Å². The lowest BCUT2D eigenvalue weighted by Gasteiger charge is -2.33. The minimum Gasteiger partial charge on any atom is -0.469 e. The summed E-state index contributed by atoms with van der Waals surface area (Å²) in [7, 11) is 5.65. The van der Waals surface area contributed by atoms with Crippen molar-refractivity contribution < 1.29 is 17.9 Å². The third kappa shape index (κ3) is 7.64. The number of hydrogen-bond acceptors (Lipinski definition) is 7. The summed E-state index contributed by atoms with van der Waals surface area (Å²) in [5.41, 5.74) is 5.42. The molecule has 1 unspecified atom stereocenters. The first-order valence-electron chi connectivity index (χ1n) is 13.5. The average Bonchev–Trinajstić information content (AvgIpc) is 2.99. The fourth-order valence-corrected chi connectivity index (χ4v) is 6.56. The van der Waals surface area contributed by atoms with Crippen molar-refractivity contribution in [3.05, 3.63) is 82.7 Å². The lowest BCUT2D eigenvalue weighted by atomic mass is 9.85. The Kier molecular flexibility index (Phi) is 10.2. The van der Waals surface area contributed by atoms with Crippen molar-refractivity contribution in [1.29, 1.82) is 0 Å². The molecular weight excluding hydrogens is 523 g/mol. The Morgan fingerprint density at radius 1 is 1.18 bits per heavy atom. The quantitative estimate of drug-likeness (QED) is 0.249. The van der Waals surface area contributed by atoms with Crippen molar-refractivity contribution in [1.82, 2.24) is 9.29 Å². The van der Waals surface area contributed by atoms with Gasteiger partial charge in [-0.25, -0.2) is 8.42 Å². The van der Waals surface area contributed by atoms with Crippen molar-refractivity contribution >= 4 is 35.8 Å². The van der Waals surface area contributed by atoms with E-state index in [9.17, 15) is 13.2 Å². The number of pyridine rings is 1. The highest BCUT2D eigenvalue weighted by Crippen LogP contribution is 2.31. The number of aromatic nitrogens is 1. The van der Waals surface area contributed by atoms with Gasteiger partial charge in [-0.2, -0.15) is 4.31 Å². The van der Waals surface area contributed by atoms with Crippen LogP contribution in [-0.2, 0) is 32.4 Å². The first kappa shape index (κ1) is 29.6. The third-order valence-corrected chi connectivity index (χ3v) is 9.16. The highest BCUT2D eigenvalue weighted by atomic mass is 32.2. The number of carbonyl (C=O) groups excluding carboxylic acids is 1. The minimum atomic E-state index is -3.68. The normalized spacial score (nSPS) is 19.7. The maximum absolute atomic E-state index is 13.6. The van der Waals surface area contributed by atoms with Crippen LogP contribution in [0.15, 0.2) is 86.5 Å². The number of sulfonamides is 1. The van der Waals surface area contributed by atoms with Gasteiger partial charge in [0.2, 0.25) is 10.0 Å². The third-order valence-electron chi connectivity index (χ3n) is 7.28. The van der Waals surface area contributed by atoms with Crippen LogP contribution in [-0.4, -0.2) is 70.7 Å². The molecule has 3 heterocycles. The topological polar surface area (TPSA) is 101 Å². The van der Waals surface area contributed by atoms with Gasteiger partial charge in [-0.1, -0.05) is 29.2 Å². The maximum atomic E-state index is 13.6. The van der Waals surface area contributed by atoms with E-state index in [0.29, 0.717) is 31.4 Å². The Morgan fingerprint density at radius 3 is 2.67 bits per heavy atom. The number of esters is 1. The highest BCUT2D eigenvalue weighted by molar-refractivity contribution is 7.89. The lowest BCUT2D eigenvalue weighted by molar-refractivity contribution is -0.140. The Bertz CT molecular complexity index is 1420. The molecule has 40 heavy (non-hydrogen) atoms. The first-order valence-corrected chi connectivity index (χ1v) is 15.0. The monoisotopic (exact) mass is 558 g/mol. The zero-order chi connectivity index (χ0) is 28.5. The molecule has 0 aliphatic carbocycles. The predicted molar refractivity (Wildman–Crippen MR) is 158 cm³/mol. The molecule has 8 nitrogen and oxygen atoms in total. The molecule has 2 radical (unpaired) electrons. The van der Waals surface area contributed by atoms with Crippen LogP contribution in [0.1, 0.15) is 43.2 Å². The minimum absolute atomic E-state index is 0.0436. The number of ether oxygens (including phenoxy) is 1. The SMILES string of the molecule is [B]/C(C=NC)=C1/CC(CCc2cccnc2)=CC(C2CCCN(S(=O)(=O)c3ccc(CCC(=O)OC)cc3)C2)=N1. The summed E-state index contributed by atoms with van der Waals surface area (Å²) < 4.78 is 33.4. The number of allylic oxidation sites excluding steroid dienone is 3. The fraction of sp³-hybridized carbons (Fsp3) is 0.400. The molecule has 0 bridgehead atoms. The molecule has 0 spiro atoms. The molecule has 1 saturated heterocycles. The largest absolute Gasteiger partial charge is 0.469 e. The number of aliphatic imine (C=N–C) groups is 2. The van der Waals surface area contributed by atoms with Gasteiger partial charge in [0, 0.05) is 68.9 Å². The molecule has 1 aromatic heterocycles. The van der Waals surface area contributed by atoms with E-state index in [1.165, 1.54) is 12.7 Å². The van der Waals surface area contributed by atoms with Crippen LogP contribution in [0.4, 0.5) is 0 Å². The van der Waals surface area contributed by atoms with Gasteiger partial charge in [-0.05, 0) is 67.5 Å².